The van der Waals surface area contributed by atoms with E-state index in [-0.39, 0.29) is 18.4 Å². The molecule has 22 heavy (non-hydrogen) atoms. The zero-order valence-corrected chi connectivity index (χ0v) is 14.5. The summed E-state index contributed by atoms with van der Waals surface area (Å²) in [6, 6.07) is 0. The average Bonchev–Trinajstić information content (AvgIpc) is 2.44. The third kappa shape index (κ3) is 7.66. The molecule has 0 aliphatic heterocycles. The Kier molecular flexibility index (Phi) is 8.22. The van der Waals surface area contributed by atoms with E-state index in [4.69, 9.17) is 0 Å². The second-order valence-electron chi connectivity index (χ2n) is 6.08. The van der Waals surface area contributed by atoms with Gasteiger partial charge >= 0.3 is 0 Å². The number of likely N-dealkylation sites (N-methyl/N-ethyl adjacent to an activating group) is 1. The van der Waals surface area contributed by atoms with Crippen molar-refractivity contribution in [2.75, 3.05) is 40.8 Å². The summed E-state index contributed by atoms with van der Waals surface area (Å²) in [6.07, 6.45) is 0. The van der Waals surface area contributed by atoms with Gasteiger partial charge in [-0.2, -0.15) is 0 Å². The fraction of sp³-hybridized carbons (Fsp3) is 0.667. The van der Waals surface area contributed by atoms with E-state index in [1.807, 2.05) is 20.8 Å². The van der Waals surface area contributed by atoms with E-state index in [1.165, 1.54) is 4.90 Å². The Morgan fingerprint density at radius 3 is 2.27 bits per heavy atom. The summed E-state index contributed by atoms with van der Waals surface area (Å²) in [7, 11) is 4.97. The maximum absolute atomic E-state index is 11.8. The molecule has 7 nitrogen and oxygen atoms in total. The molecule has 0 unspecified atom stereocenters. The molecular weight excluding hydrogens is 282 g/mol. The lowest BCUT2D eigenvalue weighted by Gasteiger charge is -2.24. The van der Waals surface area contributed by atoms with Gasteiger partial charge in [-0.3, -0.25) is 9.59 Å². The van der Waals surface area contributed by atoms with Gasteiger partial charge < -0.3 is 20.9 Å². The molecule has 3 N–H and O–H groups in total. The van der Waals surface area contributed by atoms with Gasteiger partial charge in [0.1, 0.15) is 6.54 Å². The van der Waals surface area contributed by atoms with Crippen molar-refractivity contribution in [1.29, 1.82) is 0 Å². The Morgan fingerprint density at radius 1 is 1.23 bits per heavy atom. The number of rotatable bonds is 7. The minimum atomic E-state index is -0.591. The molecule has 0 spiro atoms. The van der Waals surface area contributed by atoms with Crippen LogP contribution in [-0.2, 0) is 9.59 Å². The summed E-state index contributed by atoms with van der Waals surface area (Å²) in [5, 5.41) is 8.80. The molecule has 0 fully saturated rings. The highest BCUT2D eigenvalue weighted by atomic mass is 16.2. The maximum atomic E-state index is 11.8. The predicted molar refractivity (Wildman–Crippen MR) is 89.7 cm³/mol. The Bertz CT molecular complexity index is 441. The summed E-state index contributed by atoms with van der Waals surface area (Å²) in [5.74, 6) is 0.320. The molecule has 0 saturated heterocycles. The topological polar surface area (TPSA) is 85.8 Å². The van der Waals surface area contributed by atoms with E-state index in [1.54, 1.807) is 21.1 Å². The first-order valence-corrected chi connectivity index (χ1v) is 7.19. The van der Waals surface area contributed by atoms with E-state index < -0.39 is 5.41 Å². The molecule has 0 bridgehead atoms. The highest BCUT2D eigenvalue weighted by Gasteiger charge is 2.26. The van der Waals surface area contributed by atoms with E-state index in [0.717, 1.165) is 5.57 Å². The molecule has 0 aromatic heterocycles. The molecular formula is C15H29N5O2. The van der Waals surface area contributed by atoms with Crippen LogP contribution in [0.15, 0.2) is 17.1 Å². The minimum Gasteiger partial charge on any atom is -0.359 e. The van der Waals surface area contributed by atoms with Gasteiger partial charge in [0.2, 0.25) is 11.8 Å². The van der Waals surface area contributed by atoms with Crippen LogP contribution in [0.3, 0.4) is 0 Å². The molecule has 0 saturated carbocycles. The van der Waals surface area contributed by atoms with Crippen LogP contribution in [0.2, 0.25) is 0 Å². The molecule has 0 aromatic rings. The Balaban J connectivity index is 4.79. The van der Waals surface area contributed by atoms with Crippen LogP contribution in [0.4, 0.5) is 0 Å². The SMILES string of the molecule is C=C(C)CNC(=NCC(=O)N(C)C)NCC(C)(C)C(=O)NC. The molecule has 0 aliphatic carbocycles. The largest absolute Gasteiger partial charge is 0.359 e. The first-order chi connectivity index (χ1) is 10.1. The van der Waals surface area contributed by atoms with Crippen LogP contribution < -0.4 is 16.0 Å². The number of nitrogens with one attached hydrogen (secondary N) is 3. The zero-order chi connectivity index (χ0) is 17.3. The van der Waals surface area contributed by atoms with Crippen LogP contribution in [0, 0.1) is 5.41 Å². The number of amides is 2. The van der Waals surface area contributed by atoms with Crippen molar-refractivity contribution in [2.45, 2.75) is 20.8 Å². The molecule has 0 aliphatic rings. The number of hydrogen-bond donors (Lipinski definition) is 3. The molecule has 0 rings (SSSR count). The van der Waals surface area contributed by atoms with Crippen molar-refractivity contribution in [3.05, 3.63) is 12.2 Å². The van der Waals surface area contributed by atoms with E-state index in [0.29, 0.717) is 19.0 Å². The molecule has 126 valence electrons. The Hall–Kier alpha value is -2.05. The van der Waals surface area contributed by atoms with Gasteiger partial charge in [-0.25, -0.2) is 4.99 Å². The van der Waals surface area contributed by atoms with Crippen molar-refractivity contribution in [2.24, 2.45) is 10.4 Å². The maximum Gasteiger partial charge on any atom is 0.243 e. The number of guanidine groups is 1. The second kappa shape index (κ2) is 9.07. The standard InChI is InChI=1S/C15H29N5O2/c1-11(2)8-17-14(18-9-12(21)20(6)7)19-10-15(3,4)13(22)16-5/h1,8-10H2,2-7H3,(H,16,22)(H2,17,18,19). The summed E-state index contributed by atoms with van der Waals surface area (Å²) in [6.45, 7) is 10.4. The fourth-order valence-electron chi connectivity index (χ4n) is 1.42. The Morgan fingerprint density at radius 2 is 1.82 bits per heavy atom. The molecule has 0 atom stereocenters. The highest BCUT2D eigenvalue weighted by Crippen LogP contribution is 2.12. The van der Waals surface area contributed by atoms with Crippen LogP contribution in [0.5, 0.6) is 0 Å². The van der Waals surface area contributed by atoms with E-state index >= 15 is 0 Å². The number of aliphatic imine (C=N–C) groups is 1. The molecule has 0 aromatic carbocycles. The molecule has 0 heterocycles. The first kappa shape index (κ1) is 19.9. The van der Waals surface area contributed by atoms with Crippen LogP contribution >= 0.6 is 0 Å². The van der Waals surface area contributed by atoms with E-state index in [9.17, 15) is 9.59 Å². The van der Waals surface area contributed by atoms with Gasteiger partial charge in [0.05, 0.1) is 5.41 Å². The smallest absolute Gasteiger partial charge is 0.243 e. The zero-order valence-electron chi connectivity index (χ0n) is 14.5. The highest BCUT2D eigenvalue weighted by molar-refractivity contribution is 5.86. The lowest BCUT2D eigenvalue weighted by atomic mass is 9.92. The Labute approximate surface area is 133 Å². The van der Waals surface area contributed by atoms with Crippen LogP contribution in [0.1, 0.15) is 20.8 Å². The molecule has 7 heteroatoms. The summed E-state index contributed by atoms with van der Waals surface area (Å²) >= 11 is 0. The number of hydrogen-bond acceptors (Lipinski definition) is 3. The average molecular weight is 311 g/mol. The number of nitrogens with zero attached hydrogens (tertiary/aromatic N) is 2. The fourth-order valence-corrected chi connectivity index (χ4v) is 1.42. The normalized spacial score (nSPS) is 11.6. The third-order valence-corrected chi connectivity index (χ3v) is 2.97. The number of carbonyl (C=O) groups excluding carboxylic acids is 2. The van der Waals surface area contributed by atoms with Crippen molar-refractivity contribution < 1.29 is 9.59 Å². The second-order valence-corrected chi connectivity index (χ2v) is 6.08. The van der Waals surface area contributed by atoms with Gasteiger partial charge in [-0.1, -0.05) is 12.2 Å². The molecule has 2 amide bonds. The van der Waals surface area contributed by atoms with Crippen molar-refractivity contribution in [3.63, 3.8) is 0 Å². The first-order valence-electron chi connectivity index (χ1n) is 7.19. The predicted octanol–water partition coefficient (Wildman–Crippen LogP) is -0.0419. The van der Waals surface area contributed by atoms with E-state index in [2.05, 4.69) is 27.5 Å². The summed E-state index contributed by atoms with van der Waals surface area (Å²) < 4.78 is 0. The lowest BCUT2D eigenvalue weighted by Crippen LogP contribution is -2.47. The summed E-state index contributed by atoms with van der Waals surface area (Å²) in [4.78, 5) is 29.1. The van der Waals surface area contributed by atoms with Crippen molar-refractivity contribution in [1.82, 2.24) is 20.9 Å². The minimum absolute atomic E-state index is 0.0406. The lowest BCUT2D eigenvalue weighted by molar-refractivity contribution is -0.128. The van der Waals surface area contributed by atoms with Gasteiger partial charge in [0.15, 0.2) is 5.96 Å². The van der Waals surface area contributed by atoms with Crippen LogP contribution in [0.25, 0.3) is 0 Å². The van der Waals surface area contributed by atoms with Crippen molar-refractivity contribution in [3.8, 4) is 0 Å². The van der Waals surface area contributed by atoms with Gasteiger partial charge in [0, 0.05) is 34.2 Å². The van der Waals surface area contributed by atoms with Gasteiger partial charge in [-0.15, -0.1) is 0 Å². The van der Waals surface area contributed by atoms with Gasteiger partial charge in [-0.05, 0) is 20.8 Å². The van der Waals surface area contributed by atoms with Crippen molar-refractivity contribution >= 4 is 17.8 Å². The third-order valence-electron chi connectivity index (χ3n) is 2.97. The molecule has 0 radical (unpaired) electrons. The quantitative estimate of drug-likeness (QED) is 0.350. The van der Waals surface area contributed by atoms with Gasteiger partial charge in [0.25, 0.3) is 0 Å². The monoisotopic (exact) mass is 311 g/mol. The summed E-state index contributed by atoms with van der Waals surface area (Å²) in [5.41, 5.74) is 0.352. The number of carbonyl (C=O) groups is 2. The van der Waals surface area contributed by atoms with Crippen LogP contribution in [-0.4, -0.2) is 63.5 Å².